The van der Waals surface area contributed by atoms with Crippen molar-refractivity contribution in [3.63, 3.8) is 0 Å². The van der Waals surface area contributed by atoms with Gasteiger partial charge in [-0.15, -0.1) is 21.5 Å². The van der Waals surface area contributed by atoms with Crippen LogP contribution in [0.15, 0.2) is 53.0 Å². The van der Waals surface area contributed by atoms with E-state index in [0.29, 0.717) is 12.8 Å². The van der Waals surface area contributed by atoms with Crippen molar-refractivity contribution in [3.05, 3.63) is 58.5 Å². The van der Waals surface area contributed by atoms with Gasteiger partial charge in [-0.3, -0.25) is 9.36 Å². The molecule has 1 fully saturated rings. The molecule has 1 aliphatic heterocycles. The molecule has 128 valence electrons. The zero-order valence-electron chi connectivity index (χ0n) is 13.7. The van der Waals surface area contributed by atoms with Crippen molar-refractivity contribution in [2.24, 2.45) is 0 Å². The number of carbonyl (C=O) groups excluding carboxylic acids is 1. The number of benzene rings is 1. The number of thioether (sulfide) groups is 1. The van der Waals surface area contributed by atoms with Gasteiger partial charge < -0.3 is 4.74 Å². The van der Waals surface area contributed by atoms with Gasteiger partial charge in [0.05, 0.1) is 0 Å². The van der Waals surface area contributed by atoms with Crippen molar-refractivity contribution >= 4 is 29.1 Å². The van der Waals surface area contributed by atoms with Crippen LogP contribution in [0, 0.1) is 0 Å². The molecule has 0 spiro atoms. The molecule has 0 radical (unpaired) electrons. The van der Waals surface area contributed by atoms with Crippen molar-refractivity contribution in [1.82, 2.24) is 14.8 Å². The summed E-state index contributed by atoms with van der Waals surface area (Å²) in [6, 6.07) is 14.2. The van der Waals surface area contributed by atoms with E-state index < -0.39 is 0 Å². The minimum Gasteiger partial charge on any atom is -0.462 e. The van der Waals surface area contributed by atoms with Gasteiger partial charge in [-0.1, -0.05) is 36.0 Å². The number of esters is 1. The van der Waals surface area contributed by atoms with Gasteiger partial charge in [0.25, 0.3) is 0 Å². The number of carbonyl (C=O) groups is 1. The maximum Gasteiger partial charge on any atom is 0.319 e. The standard InChI is InChI=1S/C18H17N3O2S2/c1-12-10-15(17(22)23-12)25-18-20-19-16(11-14-8-5-9-24-14)21(18)13-6-3-2-4-7-13/h2-9,12,15H,10-11H2,1H3/t12-,15-/m0/s1. The van der Waals surface area contributed by atoms with Crippen LogP contribution >= 0.6 is 23.1 Å². The van der Waals surface area contributed by atoms with Crippen LogP contribution in [0.3, 0.4) is 0 Å². The minimum absolute atomic E-state index is 0.0383. The summed E-state index contributed by atoms with van der Waals surface area (Å²) < 4.78 is 7.31. The lowest BCUT2D eigenvalue weighted by Gasteiger charge is -2.11. The summed E-state index contributed by atoms with van der Waals surface area (Å²) in [7, 11) is 0. The lowest BCUT2D eigenvalue weighted by Crippen LogP contribution is -2.11. The number of thiophene rings is 1. The average molecular weight is 371 g/mol. The van der Waals surface area contributed by atoms with E-state index in [9.17, 15) is 4.79 Å². The van der Waals surface area contributed by atoms with E-state index in [1.807, 2.05) is 47.9 Å². The van der Waals surface area contributed by atoms with E-state index in [-0.39, 0.29) is 17.3 Å². The SMILES string of the molecule is C[C@H]1C[C@H](Sc2nnc(Cc3cccs3)n2-c2ccccc2)C(=O)O1. The Morgan fingerprint density at radius 2 is 2.08 bits per heavy atom. The molecule has 0 saturated carbocycles. The van der Waals surface area contributed by atoms with Crippen LogP contribution in [-0.2, 0) is 16.0 Å². The predicted octanol–water partition coefficient (Wildman–Crippen LogP) is 3.72. The van der Waals surface area contributed by atoms with E-state index in [1.165, 1.54) is 16.6 Å². The van der Waals surface area contributed by atoms with Crippen molar-refractivity contribution in [2.45, 2.75) is 36.3 Å². The maximum atomic E-state index is 12.0. The number of para-hydroxylation sites is 1. The zero-order valence-corrected chi connectivity index (χ0v) is 15.3. The van der Waals surface area contributed by atoms with Gasteiger partial charge >= 0.3 is 5.97 Å². The van der Waals surface area contributed by atoms with Crippen LogP contribution in [0.2, 0.25) is 0 Å². The molecular formula is C18H17N3O2S2. The number of hydrogen-bond acceptors (Lipinski definition) is 6. The van der Waals surface area contributed by atoms with Crippen LogP contribution in [0.1, 0.15) is 24.0 Å². The first-order chi connectivity index (χ1) is 12.2. The van der Waals surface area contributed by atoms with E-state index in [4.69, 9.17) is 4.74 Å². The van der Waals surface area contributed by atoms with Gasteiger partial charge in [-0.25, -0.2) is 0 Å². The molecular weight excluding hydrogens is 354 g/mol. The topological polar surface area (TPSA) is 57.0 Å². The highest BCUT2D eigenvalue weighted by atomic mass is 32.2. The first kappa shape index (κ1) is 16.4. The fraction of sp³-hybridized carbons (Fsp3) is 0.278. The number of rotatable bonds is 5. The number of hydrogen-bond donors (Lipinski definition) is 0. The summed E-state index contributed by atoms with van der Waals surface area (Å²) in [5.74, 6) is 0.704. The van der Waals surface area contributed by atoms with E-state index >= 15 is 0 Å². The van der Waals surface area contributed by atoms with Gasteiger partial charge in [0.2, 0.25) is 0 Å². The lowest BCUT2D eigenvalue weighted by molar-refractivity contribution is -0.140. The zero-order chi connectivity index (χ0) is 17.2. The fourth-order valence-corrected chi connectivity index (χ4v) is 4.72. The molecule has 2 atom stereocenters. The van der Waals surface area contributed by atoms with Gasteiger partial charge in [-0.05, 0) is 30.5 Å². The Morgan fingerprint density at radius 1 is 1.24 bits per heavy atom. The third-order valence-corrected chi connectivity index (χ3v) is 6.02. The fourth-order valence-electron chi connectivity index (χ4n) is 2.84. The van der Waals surface area contributed by atoms with E-state index in [0.717, 1.165) is 16.7 Å². The smallest absolute Gasteiger partial charge is 0.319 e. The highest BCUT2D eigenvalue weighted by Gasteiger charge is 2.34. The number of nitrogens with zero attached hydrogens (tertiary/aromatic N) is 3. The summed E-state index contributed by atoms with van der Waals surface area (Å²) >= 11 is 3.14. The first-order valence-electron chi connectivity index (χ1n) is 8.10. The highest BCUT2D eigenvalue weighted by Crippen LogP contribution is 2.33. The summed E-state index contributed by atoms with van der Waals surface area (Å²) in [4.78, 5) is 13.2. The van der Waals surface area contributed by atoms with Crippen molar-refractivity contribution in [2.75, 3.05) is 0 Å². The Hall–Kier alpha value is -2.12. The second kappa shape index (κ2) is 7.01. The summed E-state index contributed by atoms with van der Waals surface area (Å²) in [6.07, 6.45) is 1.38. The molecule has 3 aromatic rings. The molecule has 7 heteroatoms. The Kier molecular flexibility index (Phi) is 4.59. The number of aromatic nitrogens is 3. The Balaban J connectivity index is 1.69. The summed E-state index contributed by atoms with van der Waals surface area (Å²) in [5, 5.41) is 11.3. The van der Waals surface area contributed by atoms with Crippen LogP contribution < -0.4 is 0 Å². The normalized spacial score (nSPS) is 20.0. The molecule has 4 rings (SSSR count). The van der Waals surface area contributed by atoms with Gasteiger partial charge in [0.1, 0.15) is 17.2 Å². The first-order valence-corrected chi connectivity index (χ1v) is 9.86. The van der Waals surface area contributed by atoms with Crippen molar-refractivity contribution < 1.29 is 9.53 Å². The molecule has 0 N–H and O–H groups in total. The molecule has 1 aliphatic rings. The quantitative estimate of drug-likeness (QED) is 0.640. The monoisotopic (exact) mass is 371 g/mol. The third kappa shape index (κ3) is 3.48. The van der Waals surface area contributed by atoms with Crippen LogP contribution in [0.5, 0.6) is 0 Å². The predicted molar refractivity (Wildman–Crippen MR) is 98.3 cm³/mol. The molecule has 2 aromatic heterocycles. The maximum absolute atomic E-state index is 12.0. The molecule has 25 heavy (non-hydrogen) atoms. The summed E-state index contributed by atoms with van der Waals surface area (Å²) in [6.45, 7) is 1.92. The molecule has 0 aliphatic carbocycles. The average Bonchev–Trinajstić information content (AvgIpc) is 3.32. The number of ether oxygens (including phenoxy) is 1. The Bertz CT molecular complexity index is 862. The second-order valence-corrected chi connectivity index (χ2v) is 8.12. The van der Waals surface area contributed by atoms with Crippen LogP contribution in [0.25, 0.3) is 5.69 Å². The van der Waals surface area contributed by atoms with Gasteiger partial charge in [-0.2, -0.15) is 0 Å². The molecule has 1 saturated heterocycles. The highest BCUT2D eigenvalue weighted by molar-refractivity contribution is 8.00. The van der Waals surface area contributed by atoms with Crippen molar-refractivity contribution in [3.8, 4) is 5.69 Å². The minimum atomic E-state index is -0.226. The Labute approximate surface area is 154 Å². The van der Waals surface area contributed by atoms with Gasteiger partial charge in [0.15, 0.2) is 5.16 Å². The third-order valence-electron chi connectivity index (χ3n) is 4.00. The molecule has 0 bridgehead atoms. The summed E-state index contributed by atoms with van der Waals surface area (Å²) in [5.41, 5.74) is 1.00. The van der Waals surface area contributed by atoms with Gasteiger partial charge in [0, 0.05) is 23.4 Å². The van der Waals surface area contributed by atoms with Crippen molar-refractivity contribution in [1.29, 1.82) is 0 Å². The number of cyclic esters (lactones) is 1. The molecule has 5 nitrogen and oxygen atoms in total. The molecule has 3 heterocycles. The molecule has 1 aromatic carbocycles. The largest absolute Gasteiger partial charge is 0.462 e. The van der Waals surface area contributed by atoms with E-state index in [2.05, 4.69) is 21.6 Å². The van der Waals surface area contributed by atoms with E-state index in [1.54, 1.807) is 11.3 Å². The Morgan fingerprint density at radius 3 is 2.76 bits per heavy atom. The molecule has 0 amide bonds. The second-order valence-electron chi connectivity index (χ2n) is 5.92. The lowest BCUT2D eigenvalue weighted by atomic mass is 10.3. The van der Waals surface area contributed by atoms with Crippen LogP contribution in [-0.4, -0.2) is 32.1 Å². The van der Waals surface area contributed by atoms with Crippen LogP contribution in [0.4, 0.5) is 0 Å². The molecule has 0 unspecified atom stereocenters.